The lowest BCUT2D eigenvalue weighted by Crippen LogP contribution is -2.23. The van der Waals surface area contributed by atoms with Crippen LogP contribution in [0.1, 0.15) is 18.1 Å². The molecule has 2 rings (SSSR count). The summed E-state index contributed by atoms with van der Waals surface area (Å²) < 4.78 is 23.3. The summed E-state index contributed by atoms with van der Waals surface area (Å²) in [5.41, 5.74) is -0.455. The molecule has 2 aromatic rings. The fraction of sp³-hybridized carbons (Fsp3) is 0.231. The van der Waals surface area contributed by atoms with Crippen molar-refractivity contribution in [2.75, 3.05) is 7.11 Å². The van der Waals surface area contributed by atoms with Crippen molar-refractivity contribution in [3.63, 3.8) is 0 Å². The molecule has 0 amide bonds. The molecule has 0 fully saturated rings. The van der Waals surface area contributed by atoms with Crippen LogP contribution in [0.4, 0.5) is 4.39 Å². The molecule has 17 heavy (non-hydrogen) atoms. The predicted octanol–water partition coefficient (Wildman–Crippen LogP) is 2.68. The number of benzene rings is 1. The van der Waals surface area contributed by atoms with Gasteiger partial charge in [-0.05, 0) is 31.2 Å². The highest BCUT2D eigenvalue weighted by Gasteiger charge is 2.30. The van der Waals surface area contributed by atoms with Crippen LogP contribution in [0.2, 0.25) is 0 Å². The monoisotopic (exact) mass is 236 g/mol. The molecule has 0 bridgehead atoms. The van der Waals surface area contributed by atoms with Gasteiger partial charge in [0.05, 0.1) is 19.6 Å². The Morgan fingerprint density at radius 2 is 2.12 bits per heavy atom. The maximum Gasteiger partial charge on any atom is 0.125 e. The third-order valence-corrected chi connectivity index (χ3v) is 2.77. The molecular weight excluding hydrogens is 223 g/mol. The molecular formula is C13H13FO3. The van der Waals surface area contributed by atoms with Crippen molar-refractivity contribution < 1.29 is 18.7 Å². The zero-order valence-corrected chi connectivity index (χ0v) is 9.61. The van der Waals surface area contributed by atoms with E-state index in [1.807, 2.05) is 0 Å². The van der Waals surface area contributed by atoms with Crippen LogP contribution in [0.5, 0.6) is 5.75 Å². The van der Waals surface area contributed by atoms with Gasteiger partial charge in [0.25, 0.3) is 0 Å². The lowest BCUT2D eigenvalue weighted by molar-refractivity contribution is 0.0978. The summed E-state index contributed by atoms with van der Waals surface area (Å²) in [5, 5.41) is 10.5. The van der Waals surface area contributed by atoms with E-state index in [1.54, 1.807) is 13.0 Å². The molecule has 1 N–H and O–H groups in total. The number of methoxy groups -OCH3 is 1. The average molecular weight is 236 g/mol. The maximum absolute atomic E-state index is 13.3. The molecule has 1 unspecified atom stereocenters. The van der Waals surface area contributed by atoms with Crippen LogP contribution in [-0.4, -0.2) is 12.2 Å². The van der Waals surface area contributed by atoms with E-state index in [4.69, 9.17) is 9.15 Å². The Labute approximate surface area is 98.5 Å². The zero-order chi connectivity index (χ0) is 12.5. The van der Waals surface area contributed by atoms with Crippen molar-refractivity contribution in [1.29, 1.82) is 0 Å². The van der Waals surface area contributed by atoms with Gasteiger partial charge in [0.15, 0.2) is 0 Å². The molecule has 0 saturated heterocycles. The van der Waals surface area contributed by atoms with Crippen LogP contribution in [-0.2, 0) is 5.60 Å². The number of hydrogen-bond donors (Lipinski definition) is 1. The Morgan fingerprint density at radius 1 is 1.35 bits per heavy atom. The van der Waals surface area contributed by atoms with E-state index in [1.165, 1.54) is 37.8 Å². The van der Waals surface area contributed by atoms with Crippen molar-refractivity contribution in [1.82, 2.24) is 0 Å². The van der Waals surface area contributed by atoms with E-state index < -0.39 is 11.4 Å². The van der Waals surface area contributed by atoms with E-state index in [2.05, 4.69) is 0 Å². The van der Waals surface area contributed by atoms with Gasteiger partial charge >= 0.3 is 0 Å². The summed E-state index contributed by atoms with van der Waals surface area (Å²) in [7, 11) is 1.47. The third kappa shape index (κ3) is 2.03. The van der Waals surface area contributed by atoms with Gasteiger partial charge in [-0.1, -0.05) is 0 Å². The molecule has 0 spiro atoms. The standard InChI is InChI=1S/C13H13FO3/c1-13(15,9-5-6-17-8-9)11-7-10(14)3-4-12(11)16-2/h3-8,15H,1-2H3. The second-order valence-corrected chi connectivity index (χ2v) is 3.93. The summed E-state index contributed by atoms with van der Waals surface area (Å²) >= 11 is 0. The van der Waals surface area contributed by atoms with E-state index in [-0.39, 0.29) is 0 Å². The van der Waals surface area contributed by atoms with Crippen LogP contribution >= 0.6 is 0 Å². The summed E-state index contributed by atoms with van der Waals surface area (Å²) in [6.45, 7) is 1.56. The molecule has 0 radical (unpaired) electrons. The lowest BCUT2D eigenvalue weighted by atomic mass is 9.89. The van der Waals surface area contributed by atoms with Gasteiger partial charge in [-0.3, -0.25) is 0 Å². The molecule has 90 valence electrons. The van der Waals surface area contributed by atoms with Crippen LogP contribution in [0.15, 0.2) is 41.2 Å². The molecule has 0 aliphatic rings. The van der Waals surface area contributed by atoms with Crippen LogP contribution in [0.3, 0.4) is 0 Å². The minimum absolute atomic E-state index is 0.362. The van der Waals surface area contributed by atoms with Gasteiger partial charge in [-0.15, -0.1) is 0 Å². The molecule has 1 heterocycles. The Morgan fingerprint density at radius 3 is 2.71 bits per heavy atom. The first kappa shape index (κ1) is 11.7. The minimum Gasteiger partial charge on any atom is -0.496 e. The quantitative estimate of drug-likeness (QED) is 0.890. The Bertz CT molecular complexity index is 503. The topological polar surface area (TPSA) is 42.6 Å². The summed E-state index contributed by atoms with van der Waals surface area (Å²) in [5.74, 6) is 0.00201. The smallest absolute Gasteiger partial charge is 0.125 e. The van der Waals surface area contributed by atoms with Crippen molar-refractivity contribution >= 4 is 0 Å². The Balaban J connectivity index is 2.56. The molecule has 1 atom stereocenters. The summed E-state index contributed by atoms with van der Waals surface area (Å²) in [6, 6.07) is 5.66. The molecule has 1 aromatic heterocycles. The molecule has 0 saturated carbocycles. The fourth-order valence-corrected chi connectivity index (χ4v) is 1.76. The molecule has 0 aliphatic carbocycles. The van der Waals surface area contributed by atoms with Crippen molar-refractivity contribution in [2.45, 2.75) is 12.5 Å². The first-order valence-electron chi connectivity index (χ1n) is 5.15. The highest BCUT2D eigenvalue weighted by molar-refractivity contribution is 5.43. The van der Waals surface area contributed by atoms with Crippen LogP contribution in [0.25, 0.3) is 0 Å². The van der Waals surface area contributed by atoms with Crippen molar-refractivity contribution in [3.8, 4) is 5.75 Å². The molecule has 3 nitrogen and oxygen atoms in total. The molecule has 4 heteroatoms. The molecule has 1 aromatic carbocycles. The predicted molar refractivity (Wildman–Crippen MR) is 60.3 cm³/mol. The van der Waals surface area contributed by atoms with Crippen LogP contribution in [0, 0.1) is 5.82 Å². The normalized spacial score (nSPS) is 14.4. The summed E-state index contributed by atoms with van der Waals surface area (Å²) in [4.78, 5) is 0. The van der Waals surface area contributed by atoms with Gasteiger partial charge < -0.3 is 14.3 Å². The number of ether oxygens (including phenoxy) is 1. The molecule has 0 aliphatic heterocycles. The SMILES string of the molecule is COc1ccc(F)cc1C(C)(O)c1ccoc1. The van der Waals surface area contributed by atoms with Gasteiger partial charge in [-0.25, -0.2) is 4.39 Å². The first-order chi connectivity index (χ1) is 8.05. The second-order valence-electron chi connectivity index (χ2n) is 3.93. The van der Waals surface area contributed by atoms with E-state index in [0.29, 0.717) is 16.9 Å². The highest BCUT2D eigenvalue weighted by atomic mass is 19.1. The maximum atomic E-state index is 13.3. The fourth-order valence-electron chi connectivity index (χ4n) is 1.76. The average Bonchev–Trinajstić information content (AvgIpc) is 2.83. The second kappa shape index (κ2) is 4.22. The number of aliphatic hydroxyl groups is 1. The number of rotatable bonds is 3. The summed E-state index contributed by atoms with van der Waals surface area (Å²) in [6.07, 6.45) is 2.87. The minimum atomic E-state index is -1.36. The lowest BCUT2D eigenvalue weighted by Gasteiger charge is -2.24. The van der Waals surface area contributed by atoms with Crippen LogP contribution < -0.4 is 4.74 Å². The Kier molecular flexibility index (Phi) is 2.90. The van der Waals surface area contributed by atoms with E-state index in [9.17, 15) is 9.50 Å². The number of hydrogen-bond acceptors (Lipinski definition) is 3. The van der Waals surface area contributed by atoms with Gasteiger partial charge in [0.1, 0.15) is 17.2 Å². The first-order valence-corrected chi connectivity index (χ1v) is 5.15. The van der Waals surface area contributed by atoms with Gasteiger partial charge in [0.2, 0.25) is 0 Å². The van der Waals surface area contributed by atoms with Gasteiger partial charge in [-0.2, -0.15) is 0 Å². The van der Waals surface area contributed by atoms with Gasteiger partial charge in [0, 0.05) is 11.1 Å². The largest absolute Gasteiger partial charge is 0.496 e. The third-order valence-electron chi connectivity index (χ3n) is 2.77. The Hall–Kier alpha value is -1.81. The highest BCUT2D eigenvalue weighted by Crippen LogP contribution is 2.35. The van der Waals surface area contributed by atoms with Crippen molar-refractivity contribution in [3.05, 3.63) is 53.7 Å². The zero-order valence-electron chi connectivity index (χ0n) is 9.61. The number of halogens is 1. The van der Waals surface area contributed by atoms with Crippen molar-refractivity contribution in [2.24, 2.45) is 0 Å². The van der Waals surface area contributed by atoms with E-state index in [0.717, 1.165) is 0 Å². The number of furan rings is 1. The van der Waals surface area contributed by atoms with E-state index >= 15 is 0 Å².